The van der Waals surface area contributed by atoms with Crippen molar-refractivity contribution in [3.63, 3.8) is 0 Å². The third-order valence-electron chi connectivity index (χ3n) is 4.03. The molecule has 6 nitrogen and oxygen atoms in total. The Balaban J connectivity index is 1.87. The number of ether oxygens (including phenoxy) is 1. The minimum absolute atomic E-state index is 0.0362. The van der Waals surface area contributed by atoms with Gasteiger partial charge in [-0.15, -0.1) is 0 Å². The first kappa shape index (κ1) is 20.1. The predicted octanol–water partition coefficient (Wildman–Crippen LogP) is 4.46. The summed E-state index contributed by atoms with van der Waals surface area (Å²) in [4.78, 5) is 11.3. The number of sulfone groups is 1. The van der Waals surface area contributed by atoms with Crippen molar-refractivity contribution in [1.29, 1.82) is 5.26 Å². The summed E-state index contributed by atoms with van der Waals surface area (Å²) in [6.07, 6.45) is 1.19. The van der Waals surface area contributed by atoms with Gasteiger partial charge >= 0.3 is 5.97 Å². The number of furan rings is 1. The molecule has 29 heavy (non-hydrogen) atoms. The molecule has 0 fully saturated rings. The monoisotopic (exact) mass is 407 g/mol. The summed E-state index contributed by atoms with van der Waals surface area (Å²) < 4.78 is 35.9. The zero-order valence-electron chi connectivity index (χ0n) is 15.5. The van der Waals surface area contributed by atoms with Gasteiger partial charge in [0, 0.05) is 11.6 Å². The first-order valence-electron chi connectivity index (χ1n) is 8.75. The maximum absolute atomic E-state index is 12.6. The van der Waals surface area contributed by atoms with Crippen molar-refractivity contribution in [3.8, 4) is 17.4 Å². The van der Waals surface area contributed by atoms with E-state index in [4.69, 9.17) is 9.15 Å². The molecule has 0 radical (unpaired) electrons. The van der Waals surface area contributed by atoms with Gasteiger partial charge in [0.2, 0.25) is 9.84 Å². The van der Waals surface area contributed by atoms with Crippen molar-refractivity contribution < 1.29 is 22.4 Å². The van der Waals surface area contributed by atoms with Crippen LogP contribution in [0.5, 0.6) is 0 Å². The van der Waals surface area contributed by atoms with Crippen molar-refractivity contribution in [2.45, 2.75) is 11.8 Å². The summed E-state index contributed by atoms with van der Waals surface area (Å²) in [6.45, 7) is 2.03. The lowest BCUT2D eigenvalue weighted by molar-refractivity contribution is 0.0526. The van der Waals surface area contributed by atoms with Gasteiger partial charge in [0.1, 0.15) is 17.6 Å². The molecule has 0 atom stereocenters. The highest BCUT2D eigenvalue weighted by molar-refractivity contribution is 7.95. The molecule has 0 saturated heterocycles. The van der Waals surface area contributed by atoms with Crippen LogP contribution in [0.1, 0.15) is 23.0 Å². The van der Waals surface area contributed by atoms with Gasteiger partial charge in [-0.2, -0.15) is 5.26 Å². The normalized spacial score (nSPS) is 11.7. The zero-order chi connectivity index (χ0) is 20.9. The fraction of sp³-hybridized carbons (Fsp3) is 0.0909. The summed E-state index contributed by atoms with van der Waals surface area (Å²) in [5, 5.41) is 9.35. The number of hydrogen-bond donors (Lipinski definition) is 0. The topological polar surface area (TPSA) is 97.4 Å². The van der Waals surface area contributed by atoms with Crippen LogP contribution in [0.4, 0.5) is 0 Å². The number of nitrogens with zero attached hydrogens (tertiary/aromatic N) is 1. The van der Waals surface area contributed by atoms with E-state index >= 15 is 0 Å². The minimum Gasteiger partial charge on any atom is -0.462 e. The lowest BCUT2D eigenvalue weighted by Gasteiger charge is -2.03. The molecular formula is C22H17NO5S. The molecule has 3 rings (SSSR count). The van der Waals surface area contributed by atoms with E-state index in [9.17, 15) is 18.5 Å². The quantitative estimate of drug-likeness (QED) is 0.442. The Bertz CT molecular complexity index is 1180. The minimum atomic E-state index is -3.94. The molecule has 0 amide bonds. The van der Waals surface area contributed by atoms with Crippen molar-refractivity contribution in [2.24, 2.45) is 0 Å². The molecule has 1 heterocycles. The number of hydrogen-bond acceptors (Lipinski definition) is 6. The van der Waals surface area contributed by atoms with Crippen molar-refractivity contribution in [2.75, 3.05) is 6.61 Å². The van der Waals surface area contributed by atoms with Gasteiger partial charge in [-0.25, -0.2) is 13.2 Å². The van der Waals surface area contributed by atoms with E-state index in [1.54, 1.807) is 67.6 Å². The highest BCUT2D eigenvalue weighted by Crippen LogP contribution is 2.26. The Morgan fingerprint density at radius 2 is 1.76 bits per heavy atom. The summed E-state index contributed by atoms with van der Waals surface area (Å²) in [5.74, 6) is 0.290. The van der Waals surface area contributed by atoms with Crippen LogP contribution in [0.15, 0.2) is 80.9 Å². The van der Waals surface area contributed by atoms with Crippen LogP contribution in [0.25, 0.3) is 17.4 Å². The van der Waals surface area contributed by atoms with E-state index in [0.29, 0.717) is 23.5 Å². The number of nitriles is 1. The largest absolute Gasteiger partial charge is 0.462 e. The molecule has 2 aromatic carbocycles. The maximum atomic E-state index is 12.6. The molecule has 0 saturated carbocycles. The summed E-state index contributed by atoms with van der Waals surface area (Å²) in [5.41, 5.74) is 1.12. The van der Waals surface area contributed by atoms with Gasteiger partial charge in [-0.1, -0.05) is 30.3 Å². The number of esters is 1. The number of carbonyl (C=O) groups is 1. The van der Waals surface area contributed by atoms with E-state index in [1.807, 2.05) is 0 Å². The fourth-order valence-electron chi connectivity index (χ4n) is 2.60. The predicted molar refractivity (Wildman–Crippen MR) is 107 cm³/mol. The van der Waals surface area contributed by atoms with Crippen LogP contribution in [0.3, 0.4) is 0 Å². The molecular weight excluding hydrogens is 390 g/mol. The Labute approximate surface area is 168 Å². The zero-order valence-corrected chi connectivity index (χ0v) is 16.3. The van der Waals surface area contributed by atoms with Crippen LogP contribution in [0, 0.1) is 11.3 Å². The Hall–Kier alpha value is -3.63. The van der Waals surface area contributed by atoms with E-state index in [-0.39, 0.29) is 10.7 Å². The van der Waals surface area contributed by atoms with Crippen LogP contribution < -0.4 is 0 Å². The molecule has 146 valence electrons. The van der Waals surface area contributed by atoms with Crippen molar-refractivity contribution >= 4 is 21.9 Å². The average Bonchev–Trinajstić information content (AvgIpc) is 3.21. The molecule has 0 N–H and O–H groups in total. The van der Waals surface area contributed by atoms with E-state index in [2.05, 4.69) is 0 Å². The van der Waals surface area contributed by atoms with Crippen LogP contribution >= 0.6 is 0 Å². The fourth-order valence-corrected chi connectivity index (χ4v) is 3.76. The van der Waals surface area contributed by atoms with Crippen LogP contribution in [-0.4, -0.2) is 21.0 Å². The molecule has 0 unspecified atom stereocenters. The van der Waals surface area contributed by atoms with E-state index in [0.717, 1.165) is 0 Å². The van der Waals surface area contributed by atoms with Crippen LogP contribution in [-0.2, 0) is 14.6 Å². The van der Waals surface area contributed by atoms with Gasteiger partial charge in [0.15, 0.2) is 4.91 Å². The lowest BCUT2D eigenvalue weighted by atomic mass is 10.1. The molecule has 0 aliphatic heterocycles. The molecule has 0 aliphatic carbocycles. The van der Waals surface area contributed by atoms with Crippen LogP contribution in [0.2, 0.25) is 0 Å². The second kappa shape index (κ2) is 8.59. The maximum Gasteiger partial charge on any atom is 0.338 e. The molecule has 7 heteroatoms. The highest BCUT2D eigenvalue weighted by atomic mass is 32.2. The van der Waals surface area contributed by atoms with Gasteiger partial charge in [-0.3, -0.25) is 0 Å². The van der Waals surface area contributed by atoms with Gasteiger partial charge in [0.25, 0.3) is 0 Å². The summed E-state index contributed by atoms with van der Waals surface area (Å²) >= 11 is 0. The molecule has 0 bridgehead atoms. The second-order valence-corrected chi connectivity index (χ2v) is 7.85. The molecule has 0 spiro atoms. The third-order valence-corrected chi connectivity index (χ3v) is 5.71. The second-order valence-electron chi connectivity index (χ2n) is 5.94. The number of rotatable bonds is 6. The standard InChI is InChI=1S/C22H17NO5S/c1-2-27-22(24)17-10-8-16(9-11-17)21-13-12-18(28-21)14-20(15-23)29(25,26)19-6-4-3-5-7-19/h3-14H,2H2,1H3. The van der Waals surface area contributed by atoms with Crippen molar-refractivity contribution in [3.05, 3.63) is 83.0 Å². The van der Waals surface area contributed by atoms with Gasteiger partial charge in [0.05, 0.1) is 17.1 Å². The molecule has 0 aliphatic rings. The smallest absolute Gasteiger partial charge is 0.338 e. The van der Waals surface area contributed by atoms with Gasteiger partial charge in [-0.05, 0) is 43.3 Å². The van der Waals surface area contributed by atoms with Gasteiger partial charge < -0.3 is 9.15 Å². The number of carbonyl (C=O) groups excluding carboxylic acids is 1. The number of benzene rings is 2. The summed E-state index contributed by atoms with van der Waals surface area (Å²) in [6, 6.07) is 19.3. The van der Waals surface area contributed by atoms with E-state index < -0.39 is 20.7 Å². The Morgan fingerprint density at radius 1 is 1.07 bits per heavy atom. The lowest BCUT2D eigenvalue weighted by Crippen LogP contribution is -2.03. The first-order valence-corrected chi connectivity index (χ1v) is 10.2. The summed E-state index contributed by atoms with van der Waals surface area (Å²) in [7, 11) is -3.94. The molecule has 3 aromatic rings. The average molecular weight is 407 g/mol. The number of allylic oxidation sites excluding steroid dienone is 1. The SMILES string of the molecule is CCOC(=O)c1ccc(-c2ccc(C=C(C#N)S(=O)(=O)c3ccccc3)o2)cc1. The highest BCUT2D eigenvalue weighted by Gasteiger charge is 2.21. The Kier molecular flexibility index (Phi) is 5.96. The Morgan fingerprint density at radius 3 is 2.38 bits per heavy atom. The first-order chi connectivity index (χ1) is 14.0. The third kappa shape index (κ3) is 4.45. The van der Waals surface area contributed by atoms with Crippen molar-refractivity contribution in [1.82, 2.24) is 0 Å². The molecule has 1 aromatic heterocycles. The van der Waals surface area contributed by atoms with E-state index in [1.165, 1.54) is 18.2 Å².